The number of hydrogen-bond acceptors (Lipinski definition) is 16. The lowest BCUT2D eigenvalue weighted by Crippen LogP contribution is -2.37. The number of carboxylic acids is 4. The highest BCUT2D eigenvalue weighted by molar-refractivity contribution is 7.47. The number of carboxylic acid groups (broad SMARTS) is 4. The van der Waals surface area contributed by atoms with Crippen molar-refractivity contribution in [1.82, 2.24) is 0 Å². The molecule has 0 aromatic carbocycles. The minimum Gasteiger partial charge on any atom is -0.550 e. The van der Waals surface area contributed by atoms with E-state index in [0.717, 1.165) is 0 Å². The first-order valence-electron chi connectivity index (χ1n) is 17.6. The molecular formula is C30H70N4O24P4. The van der Waals surface area contributed by atoms with Crippen LogP contribution in [0.5, 0.6) is 0 Å². The maximum absolute atomic E-state index is 10.2. The summed E-state index contributed by atoms with van der Waals surface area (Å²) < 4.78 is 60.3. The van der Waals surface area contributed by atoms with Gasteiger partial charge in [-0.15, -0.1) is 0 Å². The first-order chi connectivity index (χ1) is 27.1. The first-order valence-corrected chi connectivity index (χ1v) is 23.7. The Balaban J connectivity index is -0.000000152. The van der Waals surface area contributed by atoms with Crippen LogP contribution >= 0.6 is 31.3 Å². The molecule has 0 rings (SSSR count). The van der Waals surface area contributed by atoms with Gasteiger partial charge in [0.05, 0.1) is 96.5 Å². The Morgan fingerprint density at radius 2 is 0.565 bits per heavy atom. The highest BCUT2D eigenvalue weighted by atomic mass is 31.2. The fraction of sp³-hybridized carbons (Fsp3) is 0.800. The summed E-state index contributed by atoms with van der Waals surface area (Å²) in [5.41, 5.74) is 0. The predicted molar refractivity (Wildman–Crippen MR) is 211 cm³/mol. The van der Waals surface area contributed by atoms with Gasteiger partial charge in [0.2, 0.25) is 0 Å². The standard InChI is InChI=1S/C6H10O4.4C5H14NO4P.C4H4O4/c7-5(8)3-1-2-4-6(9)10;4*1-6(2,3)4-5-10-11(7,8)9;5-3(6)1-2-4(7)8/h1-4H2,(H,7,8)(H,9,10);4*4-5H2,1-3H3,(H-,7,8,9);1-2H,(H,5,6)(H,7,8)/b;;;;;2-1+. The number of phosphoric ester groups is 4. The van der Waals surface area contributed by atoms with Crippen LogP contribution < -0.4 is 20.4 Å². The van der Waals surface area contributed by atoms with E-state index in [2.05, 4.69) is 18.1 Å². The normalized spacial score (nSPS) is 12.3. The molecule has 0 fully saturated rings. The average Bonchev–Trinajstić information content (AvgIpc) is 2.94. The van der Waals surface area contributed by atoms with Crippen LogP contribution in [0.3, 0.4) is 0 Å². The number of carbonyl (C=O) groups is 4. The zero-order valence-electron chi connectivity index (χ0n) is 37.3. The lowest BCUT2D eigenvalue weighted by Gasteiger charge is -2.23. The van der Waals surface area contributed by atoms with E-state index in [1.54, 1.807) is 0 Å². The third-order valence-electron chi connectivity index (χ3n) is 5.45. The molecule has 0 amide bonds. The van der Waals surface area contributed by atoms with Crippen LogP contribution in [0.1, 0.15) is 25.7 Å². The number of carbonyl (C=O) groups excluding carboxylic acids is 4. The number of quaternary nitrogens is 4. The fourth-order valence-electron chi connectivity index (χ4n) is 2.41. The molecule has 62 heavy (non-hydrogen) atoms. The minimum absolute atomic E-state index is 0.0761. The highest BCUT2D eigenvalue weighted by Gasteiger charge is 2.18. The van der Waals surface area contributed by atoms with Gasteiger partial charge < -0.3 is 96.7 Å². The number of likely N-dealkylation sites (N-methyl/N-ethyl adjacent to an activating group) is 4. The van der Waals surface area contributed by atoms with E-state index in [4.69, 9.17) is 39.1 Å². The van der Waals surface area contributed by atoms with E-state index in [1.807, 2.05) is 84.6 Å². The van der Waals surface area contributed by atoms with Crippen LogP contribution in [0.15, 0.2) is 12.2 Å². The van der Waals surface area contributed by atoms with Crippen LogP contribution in [0.25, 0.3) is 0 Å². The van der Waals surface area contributed by atoms with Gasteiger partial charge in [-0.05, 0) is 37.8 Å². The molecule has 8 N–H and O–H groups in total. The maximum atomic E-state index is 10.2. The van der Waals surface area contributed by atoms with Crippen LogP contribution in [0, 0.1) is 0 Å². The van der Waals surface area contributed by atoms with Gasteiger partial charge in [0.1, 0.15) is 52.6 Å². The average molecular weight is 995 g/mol. The molecule has 0 aromatic rings. The quantitative estimate of drug-likeness (QED) is 0.0205. The zero-order chi connectivity index (χ0) is 51.0. The van der Waals surface area contributed by atoms with Crippen molar-refractivity contribution in [2.75, 3.05) is 137 Å². The van der Waals surface area contributed by atoms with Crippen molar-refractivity contribution in [2.45, 2.75) is 25.7 Å². The minimum atomic E-state index is -4.26. The molecule has 28 nitrogen and oxygen atoms in total. The molecule has 0 spiro atoms. The van der Waals surface area contributed by atoms with E-state index in [0.29, 0.717) is 69.1 Å². The molecule has 374 valence electrons. The monoisotopic (exact) mass is 994 g/mol. The lowest BCUT2D eigenvalue weighted by molar-refractivity contribution is -0.870. The highest BCUT2D eigenvalue weighted by Crippen LogP contribution is 2.37. The smallest absolute Gasteiger partial charge is 0.469 e. The second kappa shape index (κ2) is 34.3. The molecule has 32 heteroatoms. The summed E-state index contributed by atoms with van der Waals surface area (Å²) in [4.78, 5) is 105. The Labute approximate surface area is 362 Å². The number of rotatable bonds is 23. The van der Waals surface area contributed by atoms with Gasteiger partial charge in [0, 0.05) is 11.9 Å². The number of nitrogens with zero attached hydrogens (tertiary/aromatic N) is 4. The van der Waals surface area contributed by atoms with E-state index < -0.39 is 55.2 Å². The zero-order valence-corrected chi connectivity index (χ0v) is 40.9. The summed E-state index contributed by atoms with van der Waals surface area (Å²) in [5.74, 6) is -5.37. The first kappa shape index (κ1) is 71.5. The van der Waals surface area contributed by atoms with Gasteiger partial charge in [-0.2, -0.15) is 0 Å². The molecule has 0 radical (unpaired) electrons. The number of unbranched alkanes of at least 4 members (excludes halogenated alkanes) is 1. The maximum Gasteiger partial charge on any atom is 0.469 e. The molecular weight excluding hydrogens is 924 g/mol. The molecule has 0 saturated carbocycles. The molecule has 0 aliphatic rings. The summed E-state index contributed by atoms with van der Waals surface area (Å²) in [6.07, 6.45) is 1.30. The Bertz CT molecular complexity index is 1280. The second-order valence-corrected chi connectivity index (χ2v) is 21.2. The summed E-state index contributed by atoms with van der Waals surface area (Å²) in [6.45, 7) is 2.61. The van der Waals surface area contributed by atoms with Crippen molar-refractivity contribution in [3.8, 4) is 0 Å². The Hall–Kier alpha value is -2.10. The molecule has 0 bridgehead atoms. The van der Waals surface area contributed by atoms with Gasteiger partial charge in [0.15, 0.2) is 0 Å². The van der Waals surface area contributed by atoms with Crippen molar-refractivity contribution in [2.24, 2.45) is 0 Å². The van der Waals surface area contributed by atoms with Gasteiger partial charge in [-0.1, -0.05) is 0 Å². The number of aliphatic carboxylic acids is 4. The van der Waals surface area contributed by atoms with Crippen molar-refractivity contribution in [3.05, 3.63) is 12.2 Å². The molecule has 0 atom stereocenters. The van der Waals surface area contributed by atoms with E-state index in [-0.39, 0.29) is 39.3 Å². The molecule has 0 saturated heterocycles. The number of hydrogen-bond donors (Lipinski definition) is 8. The molecule has 0 aliphatic heterocycles. The van der Waals surface area contributed by atoms with E-state index >= 15 is 0 Å². The predicted octanol–water partition coefficient (Wildman–Crippen LogP) is -5.70. The summed E-state index contributed by atoms with van der Waals surface area (Å²) in [7, 11) is 5.99. The van der Waals surface area contributed by atoms with Crippen LogP contribution in [-0.2, 0) is 55.5 Å². The van der Waals surface area contributed by atoms with Crippen LogP contribution in [0.4, 0.5) is 0 Å². The van der Waals surface area contributed by atoms with Crippen molar-refractivity contribution in [3.63, 3.8) is 0 Å². The summed E-state index contributed by atoms with van der Waals surface area (Å²) in [5, 5.41) is 38.4. The van der Waals surface area contributed by atoms with Gasteiger partial charge in [-0.3, -0.25) is 18.1 Å². The fourth-order valence-corrected chi connectivity index (χ4v) is 3.69. The SMILES string of the molecule is C[N+](C)(C)CCOP(=O)(O)O.C[N+](C)(C)CCOP(=O)(O)O.C[N+](C)(C)CCOP(=O)(O)O.C[N+](C)(C)CCOP(=O)(O)O.O=C([O-])/C=C/C(=O)[O-].O=C([O-])CCCCC(=O)[O-]. The van der Waals surface area contributed by atoms with Crippen molar-refractivity contribution in [1.29, 1.82) is 0 Å². The molecule has 0 heterocycles. The molecule has 0 aliphatic carbocycles. The second-order valence-electron chi connectivity index (χ2n) is 16.3. The number of phosphoric acid groups is 4. The Morgan fingerprint density at radius 3 is 0.661 bits per heavy atom. The van der Waals surface area contributed by atoms with E-state index in [1.165, 1.54) is 0 Å². The van der Waals surface area contributed by atoms with Crippen molar-refractivity contribution >= 4 is 55.2 Å². The summed E-state index contributed by atoms with van der Waals surface area (Å²) in [6, 6.07) is 0. The Morgan fingerprint density at radius 1 is 0.403 bits per heavy atom. The third kappa shape index (κ3) is 107. The third-order valence-corrected chi connectivity index (χ3v) is 7.53. The largest absolute Gasteiger partial charge is 0.550 e. The molecule has 0 aromatic heterocycles. The van der Waals surface area contributed by atoms with Crippen LogP contribution in [-0.4, -0.2) is 218 Å². The van der Waals surface area contributed by atoms with E-state index in [9.17, 15) is 57.9 Å². The summed E-state index contributed by atoms with van der Waals surface area (Å²) >= 11 is 0. The van der Waals surface area contributed by atoms with Gasteiger partial charge >= 0.3 is 31.3 Å². The van der Waals surface area contributed by atoms with Gasteiger partial charge in [-0.25, -0.2) is 18.3 Å². The lowest BCUT2D eigenvalue weighted by atomic mass is 10.2. The van der Waals surface area contributed by atoms with Crippen LogP contribution in [0.2, 0.25) is 0 Å². The molecule has 0 unspecified atom stereocenters. The van der Waals surface area contributed by atoms with Crippen molar-refractivity contribution < 1.29 is 133 Å². The topological polar surface area (TPSA) is 428 Å². The van der Waals surface area contributed by atoms with Gasteiger partial charge in [0.25, 0.3) is 0 Å². The Kier molecular flexibility index (Phi) is 39.5.